The van der Waals surface area contributed by atoms with Crippen LogP contribution in [0.4, 0.5) is 0 Å². The molecule has 24 heavy (non-hydrogen) atoms. The largest absolute Gasteiger partial charge is 0.491 e. The van der Waals surface area contributed by atoms with Crippen molar-refractivity contribution in [2.24, 2.45) is 0 Å². The molecule has 0 radical (unpaired) electrons. The number of oxazole rings is 1. The lowest BCUT2D eigenvalue weighted by molar-refractivity contribution is 0.00578. The molecule has 0 atom stereocenters. The molecule has 3 heterocycles. The predicted octanol–water partition coefficient (Wildman–Crippen LogP) is 1.75. The average Bonchev–Trinajstić information content (AvgIpc) is 2.94. The lowest BCUT2D eigenvalue weighted by Gasteiger charge is -2.32. The first kappa shape index (κ1) is 16.9. The van der Waals surface area contributed by atoms with Crippen LogP contribution in [0.3, 0.4) is 0 Å². The molecule has 1 aliphatic rings. The first-order valence-corrected chi connectivity index (χ1v) is 7.91. The molecular formula is C16H22BN3O4. The van der Waals surface area contributed by atoms with E-state index < -0.39 is 24.1 Å². The van der Waals surface area contributed by atoms with Crippen LogP contribution in [0, 0.1) is 0 Å². The van der Waals surface area contributed by atoms with E-state index in [1.807, 2.05) is 40.8 Å². The molecule has 2 N–H and O–H groups in total. The molecule has 0 aliphatic carbocycles. The van der Waals surface area contributed by atoms with Gasteiger partial charge in [-0.3, -0.25) is 4.98 Å². The number of likely N-dealkylation sites (N-methyl/N-ethyl adjacent to an activating group) is 1. The van der Waals surface area contributed by atoms with Crippen LogP contribution in [0.2, 0.25) is 0 Å². The molecule has 0 unspecified atom stereocenters. The van der Waals surface area contributed by atoms with Gasteiger partial charge in [0.15, 0.2) is 11.2 Å². The van der Waals surface area contributed by atoms with Crippen molar-refractivity contribution in [2.45, 2.75) is 38.9 Å². The summed E-state index contributed by atoms with van der Waals surface area (Å²) in [5.41, 5.74) is 1.80. The van der Waals surface area contributed by atoms with E-state index in [0.29, 0.717) is 17.8 Å². The molecule has 3 rings (SSSR count). The Hall–Kier alpha value is -1.90. The summed E-state index contributed by atoms with van der Waals surface area (Å²) in [6.45, 7) is 8.68. The molecule has 8 heteroatoms. The number of nitrogens with one attached hydrogen (secondary N) is 2. The zero-order chi connectivity index (χ0) is 17.5. The summed E-state index contributed by atoms with van der Waals surface area (Å²) in [5.74, 6) is -0.514. The van der Waals surface area contributed by atoms with Crippen LogP contribution in [-0.2, 0) is 9.31 Å². The van der Waals surface area contributed by atoms with E-state index in [1.54, 1.807) is 12.3 Å². The molecule has 0 aromatic carbocycles. The van der Waals surface area contributed by atoms with Crippen molar-refractivity contribution >= 4 is 24.4 Å². The minimum absolute atomic E-state index is 0.403. The van der Waals surface area contributed by atoms with E-state index in [1.165, 1.54) is 0 Å². The second kappa shape index (κ2) is 5.88. The van der Waals surface area contributed by atoms with Crippen molar-refractivity contribution in [1.29, 1.82) is 0 Å². The molecule has 2 aromatic heterocycles. The van der Waals surface area contributed by atoms with Crippen LogP contribution in [-0.4, -0.2) is 41.9 Å². The van der Waals surface area contributed by atoms with Gasteiger partial charge >= 0.3 is 12.9 Å². The van der Waals surface area contributed by atoms with Gasteiger partial charge in [0.25, 0.3) is 0 Å². The Balaban J connectivity index is 1.94. The van der Waals surface area contributed by atoms with Gasteiger partial charge in [-0.05, 0) is 51.8 Å². The maximum atomic E-state index is 11.2. The third kappa shape index (κ3) is 3.04. The van der Waals surface area contributed by atoms with Crippen LogP contribution in [0.1, 0.15) is 33.3 Å². The first-order chi connectivity index (χ1) is 11.2. The van der Waals surface area contributed by atoms with Gasteiger partial charge in [0.2, 0.25) is 0 Å². The number of aromatic nitrogens is 2. The van der Waals surface area contributed by atoms with E-state index in [0.717, 1.165) is 11.0 Å². The fraction of sp³-hybridized carbons (Fsp3) is 0.500. The zero-order valence-corrected chi connectivity index (χ0v) is 14.6. The van der Waals surface area contributed by atoms with Gasteiger partial charge < -0.3 is 19.0 Å². The number of hydrogen-bond donors (Lipinski definition) is 2. The van der Waals surface area contributed by atoms with Gasteiger partial charge in [-0.15, -0.1) is 0 Å². The minimum atomic E-state index is -0.514. The Kier molecular flexibility index (Phi) is 4.15. The summed E-state index contributed by atoms with van der Waals surface area (Å²) < 4.78 is 17.3. The third-order valence-electron chi connectivity index (χ3n) is 4.59. The average molecular weight is 331 g/mol. The Morgan fingerprint density at radius 2 is 2.00 bits per heavy atom. The molecule has 1 aliphatic heterocycles. The molecule has 128 valence electrons. The highest BCUT2D eigenvalue weighted by Gasteiger charge is 2.52. The van der Waals surface area contributed by atoms with E-state index in [4.69, 9.17) is 13.7 Å². The molecule has 1 saturated heterocycles. The number of hydrogen-bond acceptors (Lipinski definition) is 6. The van der Waals surface area contributed by atoms with Gasteiger partial charge in [0, 0.05) is 12.7 Å². The highest BCUT2D eigenvalue weighted by molar-refractivity contribution is 6.55. The van der Waals surface area contributed by atoms with Crippen LogP contribution in [0.15, 0.2) is 26.9 Å². The van der Waals surface area contributed by atoms with Gasteiger partial charge in [0.05, 0.1) is 11.2 Å². The molecule has 7 nitrogen and oxygen atoms in total. The molecule has 2 aromatic rings. The Morgan fingerprint density at radius 1 is 1.33 bits per heavy atom. The zero-order valence-electron chi connectivity index (χ0n) is 14.6. The maximum Gasteiger partial charge on any atom is 0.491 e. The van der Waals surface area contributed by atoms with Crippen molar-refractivity contribution in [1.82, 2.24) is 15.3 Å². The molecule has 0 spiro atoms. The first-order valence-electron chi connectivity index (χ1n) is 7.91. The normalized spacial score (nSPS) is 20.0. The second-order valence-electron chi connectivity index (χ2n) is 6.97. The van der Waals surface area contributed by atoms with Crippen LogP contribution in [0.5, 0.6) is 0 Å². The fourth-order valence-electron chi connectivity index (χ4n) is 2.55. The number of aromatic amines is 1. The minimum Gasteiger partial charge on any atom is -0.406 e. The SMILES string of the molecule is CNCC(=Cc1cnc2[nH]c(=O)oc2c1)B1OC(C)(C)C(C)(C)O1. The quantitative estimate of drug-likeness (QED) is 0.830. The van der Waals surface area contributed by atoms with Crippen molar-refractivity contribution < 1.29 is 13.7 Å². The van der Waals surface area contributed by atoms with Crippen molar-refractivity contribution in [3.8, 4) is 0 Å². The van der Waals surface area contributed by atoms with E-state index in [2.05, 4.69) is 15.3 Å². The van der Waals surface area contributed by atoms with Crippen molar-refractivity contribution in [2.75, 3.05) is 13.6 Å². The molecule has 0 bridgehead atoms. The van der Waals surface area contributed by atoms with E-state index in [9.17, 15) is 4.79 Å². The Morgan fingerprint density at radius 3 is 2.62 bits per heavy atom. The van der Waals surface area contributed by atoms with Crippen LogP contribution in [0.25, 0.3) is 17.3 Å². The van der Waals surface area contributed by atoms with Crippen molar-refractivity contribution in [3.05, 3.63) is 33.8 Å². The summed E-state index contributed by atoms with van der Waals surface area (Å²) in [6.07, 6.45) is 3.62. The molecular weight excluding hydrogens is 309 g/mol. The Labute approximate surface area is 140 Å². The number of rotatable bonds is 4. The van der Waals surface area contributed by atoms with Crippen LogP contribution < -0.4 is 11.1 Å². The highest BCUT2D eigenvalue weighted by Crippen LogP contribution is 2.38. The summed E-state index contributed by atoms with van der Waals surface area (Å²) in [5, 5.41) is 3.13. The summed E-state index contributed by atoms with van der Waals surface area (Å²) in [4.78, 5) is 18.0. The third-order valence-corrected chi connectivity index (χ3v) is 4.59. The van der Waals surface area contributed by atoms with E-state index >= 15 is 0 Å². The second-order valence-corrected chi connectivity index (χ2v) is 6.97. The number of pyridine rings is 1. The fourth-order valence-corrected chi connectivity index (χ4v) is 2.55. The number of H-pyrrole nitrogens is 1. The summed E-state index contributed by atoms with van der Waals surface area (Å²) in [7, 11) is 1.42. The smallest absolute Gasteiger partial charge is 0.406 e. The monoisotopic (exact) mass is 331 g/mol. The topological polar surface area (TPSA) is 89.4 Å². The lowest BCUT2D eigenvalue weighted by atomic mass is 9.77. The highest BCUT2D eigenvalue weighted by atomic mass is 16.7. The van der Waals surface area contributed by atoms with E-state index in [-0.39, 0.29) is 0 Å². The lowest BCUT2D eigenvalue weighted by Crippen LogP contribution is -2.41. The van der Waals surface area contributed by atoms with Gasteiger partial charge in [-0.1, -0.05) is 6.08 Å². The van der Waals surface area contributed by atoms with Crippen molar-refractivity contribution in [3.63, 3.8) is 0 Å². The number of fused-ring (bicyclic) bond motifs is 1. The molecule has 0 saturated carbocycles. The Bertz CT molecular complexity index is 821. The predicted molar refractivity (Wildman–Crippen MR) is 92.6 cm³/mol. The summed E-state index contributed by atoms with van der Waals surface area (Å²) >= 11 is 0. The molecule has 1 fully saturated rings. The van der Waals surface area contributed by atoms with Gasteiger partial charge in [-0.25, -0.2) is 9.78 Å². The number of nitrogens with zero attached hydrogens (tertiary/aromatic N) is 1. The van der Waals surface area contributed by atoms with Gasteiger partial charge in [-0.2, -0.15) is 0 Å². The standard InChI is InChI=1S/C16H22BN3O4/c1-15(2)16(3,4)24-17(23-15)11(9-18-5)6-10-7-12-13(19-8-10)20-14(21)22-12/h6-8,18H,9H2,1-5H3,(H,19,20,21). The summed E-state index contributed by atoms with van der Waals surface area (Å²) in [6, 6.07) is 1.77. The maximum absolute atomic E-state index is 11.2. The van der Waals surface area contributed by atoms with Gasteiger partial charge in [0.1, 0.15) is 0 Å². The van der Waals surface area contributed by atoms with Crippen LogP contribution >= 0.6 is 0 Å². The molecule has 0 amide bonds.